The summed E-state index contributed by atoms with van der Waals surface area (Å²) in [5.74, 6) is -0.385. The van der Waals surface area contributed by atoms with Gasteiger partial charge in [0.1, 0.15) is 12.7 Å². The number of carbonyl (C=O) groups is 2. The molecule has 0 saturated heterocycles. The van der Waals surface area contributed by atoms with Gasteiger partial charge in [0, 0.05) is 11.3 Å². The van der Waals surface area contributed by atoms with E-state index in [-0.39, 0.29) is 23.6 Å². The fourth-order valence-electron chi connectivity index (χ4n) is 2.95. The minimum absolute atomic E-state index is 0.186. The lowest BCUT2D eigenvalue weighted by atomic mass is 10.1. The fourth-order valence-corrected chi connectivity index (χ4v) is 3.26. The monoisotopic (exact) mass is 479 g/mol. The molecule has 156 valence electrons. The van der Waals surface area contributed by atoms with E-state index in [4.69, 9.17) is 4.42 Å². The highest BCUT2D eigenvalue weighted by atomic mass is 79.9. The third kappa shape index (κ3) is 4.89. The van der Waals surface area contributed by atoms with E-state index in [1.807, 2.05) is 31.2 Å². The smallest absolute Gasteiger partial charge is 0.291 e. The number of rotatable bonds is 6. The van der Waals surface area contributed by atoms with Crippen LogP contribution in [0.1, 0.15) is 39.4 Å². The second-order valence-electron chi connectivity index (χ2n) is 6.76. The van der Waals surface area contributed by atoms with Crippen LogP contribution in [0.15, 0.2) is 82.4 Å². The zero-order chi connectivity index (χ0) is 21.8. The molecule has 2 N–H and O–H groups in total. The Labute approximate surface area is 186 Å². The molecule has 0 bridgehead atoms. The Morgan fingerprint density at radius 2 is 1.74 bits per heavy atom. The van der Waals surface area contributed by atoms with Crippen LogP contribution < -0.4 is 10.6 Å². The van der Waals surface area contributed by atoms with Crippen LogP contribution in [-0.2, 0) is 0 Å². The highest BCUT2D eigenvalue weighted by molar-refractivity contribution is 9.10. The third-order valence-electron chi connectivity index (χ3n) is 4.63. The number of nitrogens with zero attached hydrogens (tertiary/aromatic N) is 3. The number of furan rings is 1. The summed E-state index contributed by atoms with van der Waals surface area (Å²) in [5.41, 5.74) is 2.90. The van der Waals surface area contributed by atoms with E-state index in [1.54, 1.807) is 47.4 Å². The predicted molar refractivity (Wildman–Crippen MR) is 118 cm³/mol. The van der Waals surface area contributed by atoms with E-state index in [9.17, 15) is 9.59 Å². The number of aromatic nitrogens is 3. The van der Waals surface area contributed by atoms with E-state index in [0.29, 0.717) is 15.9 Å². The number of hydrogen-bond acceptors (Lipinski definition) is 5. The van der Waals surface area contributed by atoms with Crippen LogP contribution in [-0.4, -0.2) is 26.6 Å². The zero-order valence-corrected chi connectivity index (χ0v) is 18.0. The zero-order valence-electron chi connectivity index (χ0n) is 16.4. The molecule has 9 heteroatoms. The molecular formula is C22H18BrN5O3. The molecule has 31 heavy (non-hydrogen) atoms. The van der Waals surface area contributed by atoms with E-state index < -0.39 is 0 Å². The van der Waals surface area contributed by atoms with Crippen molar-refractivity contribution in [2.75, 3.05) is 5.32 Å². The topological polar surface area (TPSA) is 102 Å². The second-order valence-corrected chi connectivity index (χ2v) is 7.54. The van der Waals surface area contributed by atoms with Crippen LogP contribution in [0.2, 0.25) is 0 Å². The highest BCUT2D eigenvalue weighted by Crippen LogP contribution is 2.18. The summed E-state index contributed by atoms with van der Waals surface area (Å²) in [6.45, 7) is 1.92. The molecule has 0 aliphatic heterocycles. The van der Waals surface area contributed by atoms with E-state index in [1.165, 1.54) is 6.33 Å². The first kappa shape index (κ1) is 20.5. The first-order chi connectivity index (χ1) is 15.0. The van der Waals surface area contributed by atoms with Crippen molar-refractivity contribution in [2.45, 2.75) is 13.0 Å². The minimum atomic E-state index is -0.370. The van der Waals surface area contributed by atoms with Crippen molar-refractivity contribution in [1.29, 1.82) is 0 Å². The average molecular weight is 480 g/mol. The molecule has 1 unspecified atom stereocenters. The van der Waals surface area contributed by atoms with Gasteiger partial charge in [0.05, 0.1) is 11.7 Å². The molecule has 2 heterocycles. The van der Waals surface area contributed by atoms with Gasteiger partial charge in [-0.15, -0.1) is 0 Å². The number of nitrogens with one attached hydrogen (secondary N) is 2. The summed E-state index contributed by atoms with van der Waals surface area (Å²) in [7, 11) is 0. The number of hydrogen-bond donors (Lipinski definition) is 2. The van der Waals surface area contributed by atoms with Crippen molar-refractivity contribution >= 4 is 33.4 Å². The maximum Gasteiger partial charge on any atom is 0.291 e. The number of halogens is 1. The molecule has 0 radical (unpaired) electrons. The molecule has 8 nitrogen and oxygen atoms in total. The van der Waals surface area contributed by atoms with Gasteiger partial charge in [-0.05, 0) is 76.9 Å². The lowest BCUT2D eigenvalue weighted by Crippen LogP contribution is -2.26. The highest BCUT2D eigenvalue weighted by Gasteiger charge is 2.14. The Morgan fingerprint density at radius 3 is 2.35 bits per heavy atom. The quantitative estimate of drug-likeness (QED) is 0.427. The summed E-state index contributed by atoms with van der Waals surface area (Å²) in [6, 6.07) is 17.4. The maximum absolute atomic E-state index is 12.6. The Hall–Kier alpha value is -3.72. The van der Waals surface area contributed by atoms with Gasteiger partial charge in [-0.25, -0.2) is 9.67 Å². The Kier molecular flexibility index (Phi) is 5.94. The molecule has 0 spiro atoms. The molecule has 4 aromatic rings. The molecule has 0 fully saturated rings. The van der Waals surface area contributed by atoms with Crippen LogP contribution in [0.3, 0.4) is 0 Å². The Balaban J connectivity index is 1.36. The first-order valence-electron chi connectivity index (χ1n) is 9.42. The SMILES string of the molecule is CC(NC(=O)c1ccc(NC(=O)c2ccc(Br)o2)cc1)c1ccc(-n2cncn2)cc1. The summed E-state index contributed by atoms with van der Waals surface area (Å²) in [4.78, 5) is 28.7. The largest absolute Gasteiger partial charge is 0.444 e. The van der Waals surface area contributed by atoms with E-state index >= 15 is 0 Å². The molecule has 0 saturated carbocycles. The third-order valence-corrected chi connectivity index (χ3v) is 5.05. The molecule has 2 aromatic heterocycles. The number of benzene rings is 2. The fraction of sp³-hybridized carbons (Fsp3) is 0.0909. The van der Waals surface area contributed by atoms with Crippen LogP contribution in [0, 0.1) is 0 Å². The van der Waals surface area contributed by atoms with E-state index in [2.05, 4.69) is 36.6 Å². The number of carbonyl (C=O) groups excluding carboxylic acids is 2. The van der Waals surface area contributed by atoms with Gasteiger partial charge in [0.25, 0.3) is 11.8 Å². The lowest BCUT2D eigenvalue weighted by molar-refractivity contribution is 0.0939. The summed E-state index contributed by atoms with van der Waals surface area (Å²) < 4.78 is 7.37. The molecule has 0 aliphatic carbocycles. The molecule has 2 aromatic carbocycles. The predicted octanol–water partition coefficient (Wildman–Crippen LogP) is 4.37. The number of anilines is 1. The van der Waals surface area contributed by atoms with Gasteiger partial charge in [0.2, 0.25) is 0 Å². The van der Waals surface area contributed by atoms with Crippen LogP contribution in [0.25, 0.3) is 5.69 Å². The Morgan fingerprint density at radius 1 is 1.00 bits per heavy atom. The van der Waals surface area contributed by atoms with Crippen LogP contribution >= 0.6 is 15.9 Å². The van der Waals surface area contributed by atoms with E-state index in [0.717, 1.165) is 11.3 Å². The lowest BCUT2D eigenvalue weighted by Gasteiger charge is -2.15. The van der Waals surface area contributed by atoms with Gasteiger partial charge in [0.15, 0.2) is 10.4 Å². The average Bonchev–Trinajstić information content (AvgIpc) is 3.46. The summed E-state index contributed by atoms with van der Waals surface area (Å²) in [6.07, 6.45) is 3.10. The number of amides is 2. The van der Waals surface area contributed by atoms with Crippen molar-refractivity contribution in [3.05, 3.63) is 94.9 Å². The maximum atomic E-state index is 12.6. The van der Waals surface area contributed by atoms with Crippen molar-refractivity contribution in [3.8, 4) is 5.69 Å². The van der Waals surface area contributed by atoms with Gasteiger partial charge < -0.3 is 15.1 Å². The van der Waals surface area contributed by atoms with Crippen LogP contribution in [0.4, 0.5) is 5.69 Å². The van der Waals surface area contributed by atoms with Gasteiger partial charge in [-0.3, -0.25) is 9.59 Å². The molecule has 0 aliphatic rings. The van der Waals surface area contributed by atoms with Crippen LogP contribution in [0.5, 0.6) is 0 Å². The van der Waals surface area contributed by atoms with Crippen molar-refractivity contribution in [3.63, 3.8) is 0 Å². The summed E-state index contributed by atoms with van der Waals surface area (Å²) >= 11 is 3.16. The molecule has 4 rings (SSSR count). The molecular weight excluding hydrogens is 462 g/mol. The minimum Gasteiger partial charge on any atom is -0.444 e. The van der Waals surface area contributed by atoms with Crippen molar-refractivity contribution in [1.82, 2.24) is 20.1 Å². The van der Waals surface area contributed by atoms with Gasteiger partial charge in [-0.1, -0.05) is 12.1 Å². The summed E-state index contributed by atoms with van der Waals surface area (Å²) in [5, 5.41) is 9.79. The van der Waals surface area contributed by atoms with Crippen molar-refractivity contribution in [2.24, 2.45) is 0 Å². The van der Waals surface area contributed by atoms with Gasteiger partial charge >= 0.3 is 0 Å². The molecule has 1 atom stereocenters. The normalized spacial score (nSPS) is 11.7. The van der Waals surface area contributed by atoms with Gasteiger partial charge in [-0.2, -0.15) is 5.10 Å². The second kappa shape index (κ2) is 8.97. The Bertz CT molecular complexity index is 1180. The van der Waals surface area contributed by atoms with Crippen molar-refractivity contribution < 1.29 is 14.0 Å². The first-order valence-corrected chi connectivity index (χ1v) is 10.2. The molecule has 2 amide bonds. The standard InChI is InChI=1S/C22H18BrN5O3/c1-14(15-4-8-18(9-5-15)28-13-24-12-25-28)26-21(29)16-2-6-17(7-3-16)27-22(30)19-10-11-20(23)31-19/h2-14H,1H3,(H,26,29)(H,27,30).